The number of ether oxygens (including phenoxy) is 1. The van der Waals surface area contributed by atoms with Gasteiger partial charge in [0, 0.05) is 44.8 Å². The number of nitrogens with zero attached hydrogens (tertiary/aromatic N) is 2. The van der Waals surface area contributed by atoms with Gasteiger partial charge in [0.1, 0.15) is 0 Å². The van der Waals surface area contributed by atoms with Gasteiger partial charge in [-0.15, -0.1) is 0 Å². The van der Waals surface area contributed by atoms with E-state index in [2.05, 4.69) is 15.1 Å². The molecule has 104 valence electrons. The highest BCUT2D eigenvalue weighted by atomic mass is 16.5. The number of hydrogen-bond donors (Lipinski definition) is 2. The lowest BCUT2D eigenvalue weighted by Gasteiger charge is -2.32. The van der Waals surface area contributed by atoms with Crippen molar-refractivity contribution in [3.63, 3.8) is 0 Å². The predicted molar refractivity (Wildman–Crippen MR) is 69.7 cm³/mol. The molecule has 0 aromatic rings. The van der Waals surface area contributed by atoms with Crippen molar-refractivity contribution in [3.8, 4) is 0 Å². The highest BCUT2D eigenvalue weighted by Gasteiger charge is 2.31. The zero-order valence-corrected chi connectivity index (χ0v) is 11.1. The molecule has 2 N–H and O–H groups in total. The maximum Gasteiger partial charge on any atom is 0.0680 e. The van der Waals surface area contributed by atoms with Crippen LogP contribution in [0, 0.1) is 0 Å². The molecule has 0 aromatic carbocycles. The van der Waals surface area contributed by atoms with Gasteiger partial charge in [-0.1, -0.05) is 0 Å². The van der Waals surface area contributed by atoms with E-state index in [1.54, 1.807) is 0 Å². The summed E-state index contributed by atoms with van der Waals surface area (Å²) in [6.07, 6.45) is 2.07. The topological polar surface area (TPSA) is 48.0 Å². The summed E-state index contributed by atoms with van der Waals surface area (Å²) in [5.74, 6) is 0. The number of hydrogen-bond acceptors (Lipinski definition) is 5. The summed E-state index contributed by atoms with van der Waals surface area (Å²) in [6, 6.07) is 1.21. The molecule has 0 saturated carbocycles. The van der Waals surface area contributed by atoms with Crippen molar-refractivity contribution in [1.82, 2.24) is 15.1 Å². The average molecular weight is 255 g/mol. The lowest BCUT2D eigenvalue weighted by molar-refractivity contribution is 0.0184. The quantitative estimate of drug-likeness (QED) is 0.685. The monoisotopic (exact) mass is 255 g/mol. The fourth-order valence-corrected chi connectivity index (χ4v) is 3.47. The van der Waals surface area contributed by atoms with Gasteiger partial charge in [-0.3, -0.25) is 4.90 Å². The van der Waals surface area contributed by atoms with Crippen LogP contribution in [0.5, 0.6) is 0 Å². The minimum atomic E-state index is -0.132. The average Bonchev–Trinajstić information content (AvgIpc) is 3.01. The number of rotatable bonds is 3. The third-order valence-electron chi connectivity index (χ3n) is 4.49. The largest absolute Gasteiger partial charge is 0.392 e. The van der Waals surface area contributed by atoms with Crippen molar-refractivity contribution in [3.05, 3.63) is 0 Å². The molecule has 3 saturated heterocycles. The van der Waals surface area contributed by atoms with Crippen LogP contribution in [0.4, 0.5) is 0 Å². The van der Waals surface area contributed by atoms with Gasteiger partial charge in [-0.25, -0.2) is 0 Å². The van der Waals surface area contributed by atoms with Crippen molar-refractivity contribution >= 4 is 0 Å². The van der Waals surface area contributed by atoms with Crippen molar-refractivity contribution in [2.24, 2.45) is 0 Å². The summed E-state index contributed by atoms with van der Waals surface area (Å²) in [6.45, 7) is 8.24. The molecule has 3 rings (SSSR count). The van der Waals surface area contributed by atoms with E-state index in [0.29, 0.717) is 6.04 Å². The summed E-state index contributed by atoms with van der Waals surface area (Å²) in [7, 11) is 0. The van der Waals surface area contributed by atoms with Gasteiger partial charge in [0.25, 0.3) is 0 Å². The number of nitrogens with one attached hydrogen (secondary N) is 1. The second-order valence-electron chi connectivity index (χ2n) is 5.85. The van der Waals surface area contributed by atoms with Gasteiger partial charge in [-0.05, 0) is 19.4 Å². The second-order valence-corrected chi connectivity index (χ2v) is 5.85. The molecule has 0 aliphatic carbocycles. The van der Waals surface area contributed by atoms with Crippen LogP contribution in [-0.2, 0) is 4.74 Å². The Bertz CT molecular complexity index is 271. The Kier molecular flexibility index (Phi) is 4.16. The number of β-amino-alcohol motifs (C(OH)–C–C–N with tert-alkyl or cyclic N) is 1. The smallest absolute Gasteiger partial charge is 0.0680 e. The lowest BCUT2D eigenvalue weighted by Crippen LogP contribution is -2.45. The van der Waals surface area contributed by atoms with Crippen LogP contribution in [0.15, 0.2) is 0 Å². The molecule has 0 spiro atoms. The molecule has 3 atom stereocenters. The second kappa shape index (κ2) is 5.84. The molecular weight excluding hydrogens is 230 g/mol. The molecule has 5 nitrogen and oxygen atoms in total. The van der Waals surface area contributed by atoms with Gasteiger partial charge in [0.15, 0.2) is 0 Å². The van der Waals surface area contributed by atoms with Crippen molar-refractivity contribution in [2.45, 2.75) is 31.0 Å². The Morgan fingerprint density at radius 1 is 1.22 bits per heavy atom. The van der Waals surface area contributed by atoms with Crippen LogP contribution in [0.25, 0.3) is 0 Å². The van der Waals surface area contributed by atoms with E-state index in [9.17, 15) is 5.11 Å². The Morgan fingerprint density at radius 2 is 2.06 bits per heavy atom. The first-order valence-corrected chi connectivity index (χ1v) is 7.27. The van der Waals surface area contributed by atoms with Crippen molar-refractivity contribution in [2.75, 3.05) is 52.5 Å². The van der Waals surface area contributed by atoms with Crippen LogP contribution in [0.2, 0.25) is 0 Å². The molecule has 3 aliphatic rings. The molecule has 3 unspecified atom stereocenters. The van der Waals surface area contributed by atoms with Crippen LogP contribution in [-0.4, -0.2) is 85.6 Å². The molecular formula is C13H25N3O2. The fraction of sp³-hybridized carbons (Fsp3) is 1.00. The first-order valence-electron chi connectivity index (χ1n) is 7.27. The molecule has 0 bridgehead atoms. The van der Waals surface area contributed by atoms with E-state index in [4.69, 9.17) is 4.74 Å². The first-order chi connectivity index (χ1) is 8.81. The molecule has 3 fully saturated rings. The molecule has 3 heterocycles. The lowest BCUT2D eigenvalue weighted by atomic mass is 10.2. The normalized spacial score (nSPS) is 39.5. The van der Waals surface area contributed by atoms with Gasteiger partial charge in [0.05, 0.1) is 19.3 Å². The molecule has 5 heteroatoms. The Hall–Kier alpha value is -0.200. The molecule has 0 amide bonds. The zero-order valence-electron chi connectivity index (χ0n) is 11.1. The highest BCUT2D eigenvalue weighted by molar-refractivity contribution is 4.89. The summed E-state index contributed by atoms with van der Waals surface area (Å²) in [5.41, 5.74) is 0. The number of morpholine rings is 1. The number of aliphatic hydroxyl groups excluding tert-OH is 1. The van der Waals surface area contributed by atoms with Gasteiger partial charge in [-0.2, -0.15) is 0 Å². The minimum absolute atomic E-state index is 0.132. The van der Waals surface area contributed by atoms with E-state index in [0.717, 1.165) is 51.9 Å². The fourth-order valence-electron chi connectivity index (χ4n) is 3.47. The van der Waals surface area contributed by atoms with Crippen molar-refractivity contribution in [1.29, 1.82) is 0 Å². The first kappa shape index (κ1) is 12.8. The van der Waals surface area contributed by atoms with E-state index in [1.165, 1.54) is 19.5 Å². The SMILES string of the molecule is OC1CNC(CN2CCC(N3CCOCC3)C2)C1. The van der Waals surface area contributed by atoms with Crippen LogP contribution >= 0.6 is 0 Å². The third-order valence-corrected chi connectivity index (χ3v) is 4.49. The van der Waals surface area contributed by atoms with Gasteiger partial charge < -0.3 is 20.1 Å². The standard InChI is InChI=1S/C13H25N3O2/c17-13-7-11(14-8-13)9-15-2-1-12(10-15)16-3-5-18-6-4-16/h11-14,17H,1-10H2. The molecule has 0 aromatic heterocycles. The number of aliphatic hydroxyl groups is 1. The summed E-state index contributed by atoms with van der Waals surface area (Å²) < 4.78 is 5.41. The number of likely N-dealkylation sites (tertiary alicyclic amines) is 1. The van der Waals surface area contributed by atoms with E-state index in [1.807, 2.05) is 0 Å². The van der Waals surface area contributed by atoms with E-state index in [-0.39, 0.29) is 6.10 Å². The van der Waals surface area contributed by atoms with E-state index >= 15 is 0 Å². The maximum atomic E-state index is 9.53. The summed E-state index contributed by atoms with van der Waals surface area (Å²) in [5, 5.41) is 12.9. The highest BCUT2D eigenvalue weighted by Crippen LogP contribution is 2.18. The zero-order chi connectivity index (χ0) is 12.4. The predicted octanol–water partition coefficient (Wildman–Crippen LogP) is -0.884. The van der Waals surface area contributed by atoms with Gasteiger partial charge in [0.2, 0.25) is 0 Å². The van der Waals surface area contributed by atoms with Gasteiger partial charge >= 0.3 is 0 Å². The van der Waals surface area contributed by atoms with Crippen LogP contribution in [0.3, 0.4) is 0 Å². The summed E-state index contributed by atoms with van der Waals surface area (Å²) >= 11 is 0. The third kappa shape index (κ3) is 3.03. The summed E-state index contributed by atoms with van der Waals surface area (Å²) in [4.78, 5) is 5.14. The molecule has 3 aliphatic heterocycles. The molecule has 0 radical (unpaired) electrons. The Morgan fingerprint density at radius 3 is 2.78 bits per heavy atom. The molecule has 18 heavy (non-hydrogen) atoms. The Balaban J connectivity index is 1.43. The Labute approximate surface area is 109 Å². The maximum absolute atomic E-state index is 9.53. The minimum Gasteiger partial charge on any atom is -0.392 e. The van der Waals surface area contributed by atoms with Crippen LogP contribution < -0.4 is 5.32 Å². The van der Waals surface area contributed by atoms with Crippen LogP contribution in [0.1, 0.15) is 12.8 Å². The van der Waals surface area contributed by atoms with E-state index < -0.39 is 0 Å². The van der Waals surface area contributed by atoms with Crippen molar-refractivity contribution < 1.29 is 9.84 Å².